The Morgan fingerprint density at radius 3 is 2.58 bits per heavy atom. The highest BCUT2D eigenvalue weighted by atomic mass is 32.2. The van der Waals surface area contributed by atoms with Crippen LogP contribution in [-0.2, 0) is 16.3 Å². The number of rotatable bonds is 0. The van der Waals surface area contributed by atoms with E-state index < -0.39 is 9.84 Å². The summed E-state index contributed by atoms with van der Waals surface area (Å²) >= 11 is 0. The maximum atomic E-state index is 11.4. The minimum atomic E-state index is -3.40. The Labute approximate surface area is 70.5 Å². The van der Waals surface area contributed by atoms with Gasteiger partial charge in [-0.2, -0.15) is 0 Å². The molecule has 0 spiro atoms. The molecule has 1 aliphatic rings. The molecule has 62 valence electrons. The summed E-state index contributed by atoms with van der Waals surface area (Å²) in [5.41, 5.74) is 0.738. The summed E-state index contributed by atoms with van der Waals surface area (Å²) in [5.74, 6) is 0. The SMILES string of the molecule is N=C1Cc2ccccc2S1(=O)=O. The van der Waals surface area contributed by atoms with Crippen LogP contribution in [0.15, 0.2) is 29.2 Å². The lowest BCUT2D eigenvalue weighted by atomic mass is 10.2. The lowest BCUT2D eigenvalue weighted by Crippen LogP contribution is -2.06. The standard InChI is InChI=1S/C8H7NO2S/c9-8-5-6-3-1-2-4-7(6)12(8,10)11/h1-4,9H,5H2. The van der Waals surface area contributed by atoms with E-state index in [0.29, 0.717) is 4.90 Å². The molecule has 0 aromatic heterocycles. The Morgan fingerprint density at radius 2 is 1.92 bits per heavy atom. The lowest BCUT2D eigenvalue weighted by molar-refractivity contribution is 0.608. The first kappa shape index (κ1) is 7.49. The molecule has 0 bridgehead atoms. The van der Waals surface area contributed by atoms with Crippen molar-refractivity contribution in [1.29, 1.82) is 5.41 Å². The number of benzene rings is 1. The van der Waals surface area contributed by atoms with Crippen LogP contribution < -0.4 is 0 Å². The van der Waals surface area contributed by atoms with Gasteiger partial charge in [0.25, 0.3) is 0 Å². The highest BCUT2D eigenvalue weighted by Gasteiger charge is 2.30. The van der Waals surface area contributed by atoms with Gasteiger partial charge in [0.15, 0.2) is 0 Å². The molecule has 0 unspecified atom stereocenters. The van der Waals surface area contributed by atoms with Crippen molar-refractivity contribution in [2.45, 2.75) is 11.3 Å². The van der Waals surface area contributed by atoms with Gasteiger partial charge < -0.3 is 0 Å². The molecule has 2 rings (SSSR count). The van der Waals surface area contributed by atoms with Gasteiger partial charge in [-0.1, -0.05) is 18.2 Å². The summed E-state index contributed by atoms with van der Waals surface area (Å²) in [4.78, 5) is 0.301. The van der Waals surface area contributed by atoms with Crippen LogP contribution in [0.1, 0.15) is 5.56 Å². The fourth-order valence-corrected chi connectivity index (χ4v) is 2.67. The van der Waals surface area contributed by atoms with Crippen molar-refractivity contribution in [2.24, 2.45) is 0 Å². The highest BCUT2D eigenvalue weighted by molar-refractivity contribution is 8.06. The molecule has 1 N–H and O–H groups in total. The van der Waals surface area contributed by atoms with Crippen LogP contribution in [0.4, 0.5) is 0 Å². The molecule has 0 amide bonds. The summed E-state index contributed by atoms with van der Waals surface area (Å²) in [5, 5.41) is 7.06. The van der Waals surface area contributed by atoms with Crippen LogP contribution in [0.3, 0.4) is 0 Å². The molecule has 0 saturated carbocycles. The number of nitrogens with one attached hydrogen (secondary N) is 1. The largest absolute Gasteiger partial charge is 0.293 e. The Balaban J connectivity index is 2.80. The minimum absolute atomic E-state index is 0.191. The van der Waals surface area contributed by atoms with E-state index in [1.54, 1.807) is 24.3 Å². The maximum Gasteiger partial charge on any atom is 0.219 e. The van der Waals surface area contributed by atoms with Gasteiger partial charge in [0, 0.05) is 6.42 Å². The van der Waals surface area contributed by atoms with Crippen LogP contribution in [-0.4, -0.2) is 13.5 Å². The van der Waals surface area contributed by atoms with E-state index in [1.165, 1.54) is 0 Å². The molecule has 0 saturated heterocycles. The first-order valence-corrected chi connectivity index (χ1v) is 5.01. The second kappa shape index (κ2) is 2.17. The van der Waals surface area contributed by atoms with Gasteiger partial charge in [0.2, 0.25) is 9.84 Å². The summed E-state index contributed by atoms with van der Waals surface area (Å²) in [6.07, 6.45) is 0.249. The Hall–Kier alpha value is -1.16. The van der Waals surface area contributed by atoms with Crippen molar-refractivity contribution in [3.63, 3.8) is 0 Å². The first-order chi connectivity index (χ1) is 5.62. The van der Waals surface area contributed by atoms with Crippen LogP contribution in [0.2, 0.25) is 0 Å². The number of hydrogen-bond acceptors (Lipinski definition) is 3. The lowest BCUT2D eigenvalue weighted by Gasteiger charge is -1.93. The van der Waals surface area contributed by atoms with Crippen LogP contribution in [0, 0.1) is 5.41 Å². The van der Waals surface area contributed by atoms with Gasteiger partial charge in [-0.05, 0) is 11.6 Å². The molecule has 0 atom stereocenters. The van der Waals surface area contributed by atoms with Gasteiger partial charge in [0.05, 0.1) is 4.90 Å². The summed E-state index contributed by atoms with van der Waals surface area (Å²) in [6.45, 7) is 0. The molecule has 0 fully saturated rings. The zero-order chi connectivity index (χ0) is 8.77. The van der Waals surface area contributed by atoms with Crippen LogP contribution in [0.5, 0.6) is 0 Å². The molecular formula is C8H7NO2S. The second-order valence-corrected chi connectivity index (χ2v) is 4.65. The van der Waals surface area contributed by atoms with Crippen molar-refractivity contribution >= 4 is 14.9 Å². The van der Waals surface area contributed by atoms with Crippen LogP contribution >= 0.6 is 0 Å². The average Bonchev–Trinajstić information content (AvgIpc) is 2.25. The summed E-state index contributed by atoms with van der Waals surface area (Å²) < 4.78 is 22.7. The minimum Gasteiger partial charge on any atom is -0.293 e. The monoisotopic (exact) mass is 181 g/mol. The third-order valence-electron chi connectivity index (χ3n) is 1.94. The molecular weight excluding hydrogens is 174 g/mol. The predicted octanol–water partition coefficient (Wildman–Crippen LogP) is 0.994. The Bertz CT molecular complexity index is 448. The van der Waals surface area contributed by atoms with Gasteiger partial charge in [-0.3, -0.25) is 5.41 Å². The smallest absolute Gasteiger partial charge is 0.219 e. The normalized spacial score (nSPS) is 19.2. The molecule has 1 aliphatic heterocycles. The Morgan fingerprint density at radius 1 is 1.25 bits per heavy atom. The topological polar surface area (TPSA) is 58.0 Å². The molecule has 1 heterocycles. The average molecular weight is 181 g/mol. The molecule has 0 aliphatic carbocycles. The molecule has 3 nitrogen and oxygen atoms in total. The van der Waals surface area contributed by atoms with E-state index in [-0.39, 0.29) is 11.5 Å². The number of sulfone groups is 1. The van der Waals surface area contributed by atoms with E-state index in [2.05, 4.69) is 0 Å². The van der Waals surface area contributed by atoms with Crippen molar-refractivity contribution in [3.8, 4) is 0 Å². The number of fused-ring (bicyclic) bond motifs is 1. The summed E-state index contributed by atoms with van der Waals surface area (Å²) in [6, 6.07) is 6.75. The second-order valence-electron chi connectivity index (χ2n) is 2.71. The molecule has 1 aromatic rings. The van der Waals surface area contributed by atoms with Gasteiger partial charge in [-0.15, -0.1) is 0 Å². The van der Waals surface area contributed by atoms with E-state index in [9.17, 15) is 8.42 Å². The van der Waals surface area contributed by atoms with Crippen molar-refractivity contribution in [2.75, 3.05) is 0 Å². The van der Waals surface area contributed by atoms with E-state index >= 15 is 0 Å². The van der Waals surface area contributed by atoms with E-state index in [4.69, 9.17) is 5.41 Å². The maximum absolute atomic E-state index is 11.4. The van der Waals surface area contributed by atoms with Crippen LogP contribution in [0.25, 0.3) is 0 Å². The predicted molar refractivity (Wildman–Crippen MR) is 45.1 cm³/mol. The van der Waals surface area contributed by atoms with Crippen molar-refractivity contribution in [1.82, 2.24) is 0 Å². The van der Waals surface area contributed by atoms with E-state index in [1.807, 2.05) is 0 Å². The molecule has 0 radical (unpaired) electrons. The van der Waals surface area contributed by atoms with Crippen molar-refractivity contribution in [3.05, 3.63) is 29.8 Å². The third kappa shape index (κ3) is 0.814. The van der Waals surface area contributed by atoms with Crippen molar-refractivity contribution < 1.29 is 8.42 Å². The quantitative estimate of drug-likeness (QED) is 0.649. The first-order valence-electron chi connectivity index (χ1n) is 3.53. The summed E-state index contributed by atoms with van der Waals surface area (Å²) in [7, 11) is -3.40. The van der Waals surface area contributed by atoms with Gasteiger partial charge >= 0.3 is 0 Å². The zero-order valence-electron chi connectivity index (χ0n) is 6.24. The molecule has 1 aromatic carbocycles. The third-order valence-corrected chi connectivity index (χ3v) is 3.71. The fourth-order valence-electron chi connectivity index (χ4n) is 1.31. The highest BCUT2D eigenvalue weighted by Crippen LogP contribution is 2.26. The van der Waals surface area contributed by atoms with Gasteiger partial charge in [-0.25, -0.2) is 8.42 Å². The Kier molecular flexibility index (Phi) is 1.35. The number of hydrogen-bond donors (Lipinski definition) is 1. The molecule has 12 heavy (non-hydrogen) atoms. The van der Waals surface area contributed by atoms with Gasteiger partial charge in [0.1, 0.15) is 5.04 Å². The fraction of sp³-hybridized carbons (Fsp3) is 0.125. The molecule has 4 heteroatoms. The van der Waals surface area contributed by atoms with E-state index in [0.717, 1.165) is 5.56 Å². The zero-order valence-corrected chi connectivity index (χ0v) is 7.06.